The Bertz CT molecular complexity index is 1330. The maximum absolute atomic E-state index is 12.9. The van der Waals surface area contributed by atoms with Crippen LogP contribution in [0.5, 0.6) is 0 Å². The maximum atomic E-state index is 12.9. The zero-order valence-corrected chi connectivity index (χ0v) is 16.7. The normalized spacial score (nSPS) is 15.7. The second-order valence-corrected chi connectivity index (χ2v) is 8.72. The first-order valence-electron chi connectivity index (χ1n) is 9.13. The zero-order chi connectivity index (χ0) is 20.3. The van der Waals surface area contributed by atoms with Crippen LogP contribution in [0.25, 0.3) is 31.8 Å². The molecule has 0 atom stereocenters. The van der Waals surface area contributed by atoms with Crippen molar-refractivity contribution in [2.24, 2.45) is 5.73 Å². The molecule has 8 nitrogen and oxygen atoms in total. The van der Waals surface area contributed by atoms with Gasteiger partial charge in [-0.15, -0.1) is 11.3 Å². The van der Waals surface area contributed by atoms with Gasteiger partial charge < -0.3 is 14.9 Å². The van der Waals surface area contributed by atoms with Gasteiger partial charge in [-0.1, -0.05) is 0 Å². The number of amides is 1. The van der Waals surface area contributed by atoms with Crippen molar-refractivity contribution in [1.29, 1.82) is 0 Å². The number of carbonyl (C=O) groups is 1. The molecule has 0 spiro atoms. The summed E-state index contributed by atoms with van der Waals surface area (Å²) in [6.07, 6.45) is 3.62. The van der Waals surface area contributed by atoms with Crippen molar-refractivity contribution >= 4 is 37.7 Å². The highest BCUT2D eigenvalue weighted by molar-refractivity contribution is 7.25. The molecule has 148 valence electrons. The van der Waals surface area contributed by atoms with Crippen molar-refractivity contribution in [3.05, 3.63) is 46.3 Å². The molecule has 4 aromatic heterocycles. The number of pyridine rings is 1. The summed E-state index contributed by atoms with van der Waals surface area (Å²) >= 11 is 1.27. The van der Waals surface area contributed by atoms with Gasteiger partial charge in [-0.2, -0.15) is 0 Å². The van der Waals surface area contributed by atoms with Crippen LogP contribution in [0, 0.1) is 0 Å². The van der Waals surface area contributed by atoms with E-state index in [1.807, 2.05) is 26.0 Å². The van der Waals surface area contributed by atoms with Crippen LogP contribution in [-0.4, -0.2) is 26.0 Å². The van der Waals surface area contributed by atoms with Crippen molar-refractivity contribution in [1.82, 2.24) is 14.5 Å². The number of furan rings is 1. The Morgan fingerprint density at radius 2 is 2.24 bits per heavy atom. The van der Waals surface area contributed by atoms with Gasteiger partial charge in [0.2, 0.25) is 5.91 Å². The number of hydrogen-bond donors (Lipinski definition) is 1. The fourth-order valence-corrected chi connectivity index (χ4v) is 4.88. The molecule has 0 aromatic carbocycles. The van der Waals surface area contributed by atoms with Crippen molar-refractivity contribution in [3.63, 3.8) is 0 Å². The van der Waals surface area contributed by atoms with Crippen molar-refractivity contribution in [2.75, 3.05) is 0 Å². The van der Waals surface area contributed by atoms with Crippen LogP contribution in [0.2, 0.25) is 0 Å². The van der Waals surface area contributed by atoms with E-state index >= 15 is 0 Å². The van der Waals surface area contributed by atoms with Gasteiger partial charge in [0.05, 0.1) is 36.0 Å². The third-order valence-corrected chi connectivity index (χ3v) is 6.14. The number of primary amides is 1. The minimum absolute atomic E-state index is 0.215. The molecule has 1 aliphatic heterocycles. The van der Waals surface area contributed by atoms with Gasteiger partial charge in [-0.05, 0) is 26.0 Å². The lowest BCUT2D eigenvalue weighted by Gasteiger charge is -2.32. The van der Waals surface area contributed by atoms with Gasteiger partial charge in [0.15, 0.2) is 0 Å². The third-order valence-electron chi connectivity index (χ3n) is 5.08. The van der Waals surface area contributed by atoms with Gasteiger partial charge >= 0.3 is 0 Å². The molecule has 29 heavy (non-hydrogen) atoms. The molecule has 2 N–H and O–H groups in total. The molecule has 9 heteroatoms. The van der Waals surface area contributed by atoms with Crippen LogP contribution in [-0.2, 0) is 29.1 Å². The summed E-state index contributed by atoms with van der Waals surface area (Å²) in [5.41, 5.74) is 7.91. The van der Waals surface area contributed by atoms with Crippen molar-refractivity contribution in [3.8, 4) is 11.3 Å². The lowest BCUT2D eigenvalue weighted by atomic mass is 9.91. The Morgan fingerprint density at radius 1 is 1.41 bits per heavy atom. The Labute approximate surface area is 168 Å². The van der Waals surface area contributed by atoms with Crippen LogP contribution >= 0.6 is 11.3 Å². The van der Waals surface area contributed by atoms with E-state index in [2.05, 4.69) is 4.98 Å². The van der Waals surface area contributed by atoms with Crippen molar-refractivity contribution in [2.45, 2.75) is 39.0 Å². The van der Waals surface area contributed by atoms with E-state index in [0.29, 0.717) is 33.8 Å². The number of thiophene rings is 1. The fraction of sp³-hybridized carbons (Fsp3) is 0.300. The summed E-state index contributed by atoms with van der Waals surface area (Å²) in [4.78, 5) is 34.2. The highest BCUT2D eigenvalue weighted by Crippen LogP contribution is 2.43. The molecular formula is C20H18N4O4S. The van der Waals surface area contributed by atoms with Crippen LogP contribution in [0.3, 0.4) is 0 Å². The van der Waals surface area contributed by atoms with Gasteiger partial charge in [0.1, 0.15) is 21.8 Å². The smallest absolute Gasteiger partial charge is 0.271 e. The first-order valence-corrected chi connectivity index (χ1v) is 9.95. The highest BCUT2D eigenvalue weighted by Gasteiger charge is 2.32. The van der Waals surface area contributed by atoms with Crippen LogP contribution in [0.15, 0.2) is 33.9 Å². The standard InChI is InChI=1S/C20H18N4O4S/c1-20(2)6-11-10(8-28-20)14(12-4-3-5-27-12)15-16-17(29-18(15)23-11)19(26)24(9-22-16)7-13(21)25/h3-5,9H,6-8H2,1-2H3,(H2,21,25). The summed E-state index contributed by atoms with van der Waals surface area (Å²) < 4.78 is 13.4. The largest absolute Gasteiger partial charge is 0.464 e. The van der Waals surface area contributed by atoms with Gasteiger partial charge in [0.25, 0.3) is 5.56 Å². The first kappa shape index (κ1) is 18.0. The Balaban J connectivity index is 1.87. The van der Waals surface area contributed by atoms with Crippen LogP contribution < -0.4 is 11.3 Å². The predicted octanol–water partition coefficient (Wildman–Crippen LogP) is 2.60. The second-order valence-electron chi connectivity index (χ2n) is 7.72. The number of fused-ring (bicyclic) bond motifs is 4. The van der Waals surface area contributed by atoms with E-state index in [0.717, 1.165) is 22.2 Å². The molecule has 0 aliphatic carbocycles. The summed E-state index contributed by atoms with van der Waals surface area (Å²) in [6.45, 7) is 4.25. The number of rotatable bonds is 3. The van der Waals surface area contributed by atoms with E-state index < -0.39 is 5.91 Å². The maximum Gasteiger partial charge on any atom is 0.271 e. The number of carbonyl (C=O) groups excluding carboxylic acids is 1. The van der Waals surface area contributed by atoms with Gasteiger partial charge in [0, 0.05) is 22.9 Å². The minimum Gasteiger partial charge on any atom is -0.464 e. The average Bonchev–Trinajstić information content (AvgIpc) is 3.29. The molecule has 0 fully saturated rings. The number of ether oxygens (including phenoxy) is 1. The summed E-state index contributed by atoms with van der Waals surface area (Å²) in [5, 5.41) is 0.769. The molecule has 1 aliphatic rings. The molecule has 0 radical (unpaired) electrons. The highest BCUT2D eigenvalue weighted by atomic mass is 32.1. The number of nitrogens with zero attached hydrogens (tertiary/aromatic N) is 3. The van der Waals surface area contributed by atoms with E-state index in [1.165, 1.54) is 22.2 Å². The molecule has 0 bridgehead atoms. The number of aromatic nitrogens is 3. The SMILES string of the molecule is CC1(C)Cc2nc3sc4c(=O)n(CC(N)=O)cnc4c3c(-c3ccco3)c2CO1. The first-order chi connectivity index (χ1) is 13.8. The molecule has 0 saturated carbocycles. The molecule has 1 amide bonds. The second kappa shape index (κ2) is 6.23. The third kappa shape index (κ3) is 2.85. The Morgan fingerprint density at radius 3 is 2.97 bits per heavy atom. The summed E-state index contributed by atoms with van der Waals surface area (Å²) in [6, 6.07) is 3.70. The average molecular weight is 410 g/mol. The van der Waals surface area contributed by atoms with Crippen LogP contribution in [0.4, 0.5) is 0 Å². The lowest BCUT2D eigenvalue weighted by molar-refractivity contribution is -0.118. The van der Waals surface area contributed by atoms with Crippen LogP contribution in [0.1, 0.15) is 25.1 Å². The molecule has 0 saturated heterocycles. The predicted molar refractivity (Wildman–Crippen MR) is 109 cm³/mol. The fourth-order valence-electron chi connectivity index (χ4n) is 3.78. The molecule has 4 aromatic rings. The van der Waals surface area contributed by atoms with E-state index in [1.54, 1.807) is 6.26 Å². The quantitative estimate of drug-likeness (QED) is 0.555. The number of hydrogen-bond acceptors (Lipinski definition) is 7. The Hall–Kier alpha value is -3.04. The molecular weight excluding hydrogens is 392 g/mol. The minimum atomic E-state index is -0.599. The van der Waals surface area contributed by atoms with Gasteiger partial charge in [-0.25, -0.2) is 9.97 Å². The number of nitrogens with two attached hydrogens (primary N) is 1. The topological polar surface area (TPSA) is 113 Å². The van der Waals surface area contributed by atoms with Gasteiger partial charge in [-0.3, -0.25) is 14.2 Å². The van der Waals surface area contributed by atoms with Crippen molar-refractivity contribution < 1.29 is 13.9 Å². The van der Waals surface area contributed by atoms with E-state index in [-0.39, 0.29) is 17.7 Å². The lowest BCUT2D eigenvalue weighted by Crippen LogP contribution is -2.32. The monoisotopic (exact) mass is 410 g/mol. The summed E-state index contributed by atoms with van der Waals surface area (Å²) in [7, 11) is 0. The summed E-state index contributed by atoms with van der Waals surface area (Å²) in [5.74, 6) is 0.0818. The molecule has 5 rings (SSSR count). The molecule has 5 heterocycles. The zero-order valence-electron chi connectivity index (χ0n) is 15.9. The van der Waals surface area contributed by atoms with E-state index in [9.17, 15) is 9.59 Å². The van der Waals surface area contributed by atoms with E-state index in [4.69, 9.17) is 19.9 Å². The Kier molecular flexibility index (Phi) is 3.87. The molecule has 0 unspecified atom stereocenters.